The van der Waals surface area contributed by atoms with Crippen LogP contribution in [-0.2, 0) is 4.52 Å². The van der Waals surface area contributed by atoms with Gasteiger partial charge in [0.05, 0.1) is 21.1 Å². The van der Waals surface area contributed by atoms with Gasteiger partial charge in [-0.1, -0.05) is 6.92 Å². The molecular formula is C4H9O2P. The second-order valence-electron chi connectivity index (χ2n) is 1.99. The molecule has 0 aliphatic carbocycles. The SMILES string of the molecule is CC1CO[PH+]([O-])C1. The zero-order chi connectivity index (χ0) is 5.28. The minimum atomic E-state index is -1.56. The van der Waals surface area contributed by atoms with Gasteiger partial charge in [-0.3, -0.25) is 0 Å². The van der Waals surface area contributed by atoms with Crippen molar-refractivity contribution in [3.05, 3.63) is 0 Å². The number of rotatable bonds is 0. The highest BCUT2D eigenvalue weighted by Crippen LogP contribution is 2.36. The van der Waals surface area contributed by atoms with Gasteiger partial charge in [0.2, 0.25) is 0 Å². The van der Waals surface area contributed by atoms with E-state index < -0.39 is 8.38 Å². The molecule has 1 aliphatic heterocycles. The molecule has 0 aromatic carbocycles. The van der Waals surface area contributed by atoms with Crippen LogP contribution in [0.25, 0.3) is 0 Å². The quantitative estimate of drug-likeness (QED) is 0.423. The van der Waals surface area contributed by atoms with Crippen molar-refractivity contribution in [2.45, 2.75) is 6.92 Å². The Morgan fingerprint density at radius 3 is 2.71 bits per heavy atom. The Morgan fingerprint density at radius 1 is 1.86 bits per heavy atom. The summed E-state index contributed by atoms with van der Waals surface area (Å²) in [5.41, 5.74) is 0. The molecule has 1 saturated heterocycles. The first-order chi connectivity index (χ1) is 3.29. The first-order valence-corrected chi connectivity index (χ1v) is 3.97. The van der Waals surface area contributed by atoms with Crippen molar-refractivity contribution in [1.82, 2.24) is 0 Å². The van der Waals surface area contributed by atoms with Crippen molar-refractivity contribution in [3.63, 3.8) is 0 Å². The summed E-state index contributed by atoms with van der Waals surface area (Å²) in [7, 11) is -1.56. The summed E-state index contributed by atoms with van der Waals surface area (Å²) >= 11 is 0. The van der Waals surface area contributed by atoms with E-state index in [-0.39, 0.29) is 0 Å². The maximum absolute atomic E-state index is 10.4. The highest BCUT2D eigenvalue weighted by Gasteiger charge is 2.20. The van der Waals surface area contributed by atoms with Gasteiger partial charge < -0.3 is 4.89 Å². The van der Waals surface area contributed by atoms with Gasteiger partial charge in [0.15, 0.2) is 0 Å². The van der Waals surface area contributed by atoms with Crippen LogP contribution in [0.3, 0.4) is 0 Å². The topological polar surface area (TPSA) is 32.3 Å². The third-order valence-corrected chi connectivity index (χ3v) is 2.56. The third-order valence-electron chi connectivity index (χ3n) is 1.04. The molecule has 0 spiro atoms. The minimum absolute atomic E-state index is 0.534. The van der Waals surface area contributed by atoms with Gasteiger partial charge in [-0.15, -0.1) is 0 Å². The molecule has 1 rings (SSSR count). The summed E-state index contributed by atoms with van der Waals surface area (Å²) in [6.07, 6.45) is 0.796. The first kappa shape index (κ1) is 5.49. The molecule has 0 N–H and O–H groups in total. The maximum atomic E-state index is 10.4. The molecule has 1 aliphatic rings. The largest absolute Gasteiger partial charge is 0.657 e. The van der Waals surface area contributed by atoms with E-state index in [0.29, 0.717) is 12.5 Å². The van der Waals surface area contributed by atoms with E-state index in [1.165, 1.54) is 0 Å². The van der Waals surface area contributed by atoms with E-state index in [1.807, 2.05) is 0 Å². The summed E-state index contributed by atoms with van der Waals surface area (Å²) in [5, 5.41) is 0. The van der Waals surface area contributed by atoms with Crippen LogP contribution in [0, 0.1) is 5.92 Å². The Bertz CT molecular complexity index is 58.7. The zero-order valence-electron chi connectivity index (χ0n) is 4.31. The van der Waals surface area contributed by atoms with E-state index in [9.17, 15) is 4.89 Å². The molecule has 2 atom stereocenters. The summed E-state index contributed by atoms with van der Waals surface area (Å²) < 4.78 is 4.81. The molecule has 0 bridgehead atoms. The Morgan fingerprint density at radius 2 is 2.57 bits per heavy atom. The second kappa shape index (κ2) is 2.08. The lowest BCUT2D eigenvalue weighted by Crippen LogP contribution is -1.96. The van der Waals surface area contributed by atoms with Gasteiger partial charge in [-0.2, -0.15) is 0 Å². The molecular weight excluding hydrogens is 111 g/mol. The average molecular weight is 120 g/mol. The first-order valence-electron chi connectivity index (χ1n) is 2.44. The van der Waals surface area contributed by atoms with E-state index in [0.717, 1.165) is 6.16 Å². The second-order valence-corrected chi connectivity index (χ2v) is 3.43. The van der Waals surface area contributed by atoms with Gasteiger partial charge in [0.1, 0.15) is 0 Å². The Hall–Kier alpha value is 0.350. The van der Waals surface area contributed by atoms with Crippen LogP contribution >= 0.6 is 8.38 Å². The smallest absolute Gasteiger partial charge is 0.0958 e. The third kappa shape index (κ3) is 1.37. The van der Waals surface area contributed by atoms with Gasteiger partial charge in [-0.25, -0.2) is 4.52 Å². The molecule has 0 radical (unpaired) electrons. The predicted octanol–water partition coefficient (Wildman–Crippen LogP) is 0.0572. The van der Waals surface area contributed by atoms with E-state index >= 15 is 0 Å². The van der Waals surface area contributed by atoms with Gasteiger partial charge in [0, 0.05) is 5.92 Å². The van der Waals surface area contributed by atoms with E-state index in [1.54, 1.807) is 0 Å². The molecule has 7 heavy (non-hydrogen) atoms. The summed E-state index contributed by atoms with van der Waals surface area (Å²) in [5.74, 6) is 0.534. The van der Waals surface area contributed by atoms with E-state index in [2.05, 4.69) is 6.92 Å². The number of hydrogen-bond acceptors (Lipinski definition) is 2. The van der Waals surface area contributed by atoms with Gasteiger partial charge in [0.25, 0.3) is 0 Å². The Kier molecular flexibility index (Phi) is 1.63. The van der Waals surface area contributed by atoms with Gasteiger partial charge >= 0.3 is 0 Å². The molecule has 0 saturated carbocycles. The molecule has 0 aromatic rings. The fourth-order valence-corrected chi connectivity index (χ4v) is 1.91. The molecule has 0 amide bonds. The molecule has 42 valence electrons. The molecule has 3 heteroatoms. The van der Waals surface area contributed by atoms with Crippen LogP contribution < -0.4 is 4.89 Å². The average Bonchev–Trinajstić information content (AvgIpc) is 1.87. The van der Waals surface area contributed by atoms with Crippen molar-refractivity contribution in [1.29, 1.82) is 0 Å². The van der Waals surface area contributed by atoms with Crippen LogP contribution in [0.4, 0.5) is 0 Å². The summed E-state index contributed by atoms with van der Waals surface area (Å²) in [4.78, 5) is 10.4. The lowest BCUT2D eigenvalue weighted by atomic mass is 10.2. The Balaban J connectivity index is 2.26. The molecule has 0 aromatic heterocycles. The molecule has 2 nitrogen and oxygen atoms in total. The standard InChI is InChI=1S/C4H9O2P/c1-4-2-6-7(5)3-4/h4,7H,2-3H2,1H3. The monoisotopic (exact) mass is 120 g/mol. The van der Waals surface area contributed by atoms with Crippen molar-refractivity contribution in [2.75, 3.05) is 12.8 Å². The fourth-order valence-electron chi connectivity index (χ4n) is 0.638. The minimum Gasteiger partial charge on any atom is -0.657 e. The number of hydrogen-bond donors (Lipinski definition) is 0. The van der Waals surface area contributed by atoms with Crippen LogP contribution in [0.2, 0.25) is 0 Å². The van der Waals surface area contributed by atoms with Gasteiger partial charge in [-0.05, 0) is 0 Å². The fraction of sp³-hybridized carbons (Fsp3) is 1.00. The van der Waals surface area contributed by atoms with Crippen molar-refractivity contribution in [3.8, 4) is 0 Å². The lowest BCUT2D eigenvalue weighted by molar-refractivity contribution is -0.176. The van der Waals surface area contributed by atoms with Crippen LogP contribution in [0.15, 0.2) is 0 Å². The highest BCUT2D eigenvalue weighted by molar-refractivity contribution is 7.44. The van der Waals surface area contributed by atoms with Crippen molar-refractivity contribution in [2.24, 2.45) is 5.92 Å². The maximum Gasteiger partial charge on any atom is 0.0958 e. The normalized spacial score (nSPS) is 42.0. The van der Waals surface area contributed by atoms with Crippen LogP contribution in [-0.4, -0.2) is 12.8 Å². The van der Waals surface area contributed by atoms with Crippen molar-refractivity contribution >= 4 is 8.38 Å². The van der Waals surface area contributed by atoms with E-state index in [4.69, 9.17) is 4.52 Å². The van der Waals surface area contributed by atoms with Crippen LogP contribution in [0.5, 0.6) is 0 Å². The van der Waals surface area contributed by atoms with Crippen molar-refractivity contribution < 1.29 is 9.42 Å². The lowest BCUT2D eigenvalue weighted by Gasteiger charge is -1.98. The molecule has 1 heterocycles. The zero-order valence-corrected chi connectivity index (χ0v) is 5.31. The van der Waals surface area contributed by atoms with Crippen LogP contribution in [0.1, 0.15) is 6.92 Å². The summed E-state index contributed by atoms with van der Waals surface area (Å²) in [6.45, 7) is 2.76. The molecule has 2 unspecified atom stereocenters. The predicted molar refractivity (Wildman–Crippen MR) is 28.3 cm³/mol. The highest BCUT2D eigenvalue weighted by atomic mass is 31.2. The Labute approximate surface area is 44.4 Å². The molecule has 1 fully saturated rings. The summed E-state index contributed by atoms with van der Waals surface area (Å²) in [6, 6.07) is 0.